The topological polar surface area (TPSA) is 66.9 Å². The lowest BCUT2D eigenvalue weighted by Gasteiger charge is -2.17. The van der Waals surface area contributed by atoms with Crippen LogP contribution in [0.25, 0.3) is 4.91 Å². The Morgan fingerprint density at radius 1 is 1.35 bits per heavy atom. The van der Waals surface area contributed by atoms with Gasteiger partial charge in [0.05, 0.1) is 4.88 Å². The number of allylic oxidation sites excluding steroid dienone is 1. The number of carbonyl (C=O) groups excluding carboxylic acids is 1. The lowest BCUT2D eigenvalue weighted by atomic mass is 9.91. The summed E-state index contributed by atoms with van der Waals surface area (Å²) in [5, 5.41) is 7.61. The Bertz CT molecular complexity index is 866. The number of nitrogens with one attached hydrogen (secondary N) is 1. The second kappa shape index (κ2) is 8.46. The molecule has 3 nitrogen and oxygen atoms in total. The number of carbonyl (C=O) groups is 1. The fourth-order valence-corrected chi connectivity index (χ4v) is 5.67. The third-order valence-electron chi connectivity index (χ3n) is 4.42. The maximum Gasteiger partial charge on any atom is 0.259 e. The highest BCUT2D eigenvalue weighted by molar-refractivity contribution is 7.99. The maximum atomic E-state index is 11.9. The summed E-state index contributed by atoms with van der Waals surface area (Å²) in [6, 6.07) is 8.61. The zero-order valence-corrected chi connectivity index (χ0v) is 17.2. The molecule has 0 saturated heterocycles. The number of hydrogen-bond donors (Lipinski definition) is 3. The number of thioether (sulfide) groups is 1. The minimum Gasteiger partial charge on any atom is -0.365 e. The van der Waals surface area contributed by atoms with E-state index >= 15 is 0 Å². The summed E-state index contributed by atoms with van der Waals surface area (Å²) in [7, 11) is 0. The molecule has 0 aliphatic heterocycles. The molecule has 3 N–H and O–H groups in total. The van der Waals surface area contributed by atoms with Crippen LogP contribution in [-0.4, -0.2) is 17.9 Å². The zero-order valence-electron chi connectivity index (χ0n) is 14.7. The first-order valence-corrected chi connectivity index (χ1v) is 10.9. The highest BCUT2D eigenvalue weighted by atomic mass is 32.2. The van der Waals surface area contributed by atoms with Gasteiger partial charge in [-0.2, -0.15) is 0 Å². The summed E-state index contributed by atoms with van der Waals surface area (Å²) in [6.07, 6.45) is 4.75. The average Bonchev–Trinajstić information content (AvgIpc) is 3.01. The van der Waals surface area contributed by atoms with Gasteiger partial charge in [0.2, 0.25) is 0 Å². The fraction of sp³-hybridized carbons (Fsp3) is 0.300. The van der Waals surface area contributed by atoms with Crippen LogP contribution < -0.4 is 5.73 Å². The summed E-state index contributed by atoms with van der Waals surface area (Å²) in [6.45, 7) is 2.18. The Kier molecular flexibility index (Phi) is 6.27. The van der Waals surface area contributed by atoms with Gasteiger partial charge in [0.25, 0.3) is 5.91 Å². The van der Waals surface area contributed by atoms with Gasteiger partial charge in [0.15, 0.2) is 0 Å². The van der Waals surface area contributed by atoms with E-state index in [1.54, 1.807) is 0 Å². The Morgan fingerprint density at radius 3 is 2.69 bits per heavy atom. The second-order valence-electron chi connectivity index (χ2n) is 6.26. The molecule has 1 aliphatic rings. The van der Waals surface area contributed by atoms with Gasteiger partial charge in [-0.25, -0.2) is 0 Å². The smallest absolute Gasteiger partial charge is 0.259 e. The van der Waals surface area contributed by atoms with Gasteiger partial charge in [-0.1, -0.05) is 19.1 Å². The van der Waals surface area contributed by atoms with Crippen molar-refractivity contribution < 1.29 is 4.79 Å². The van der Waals surface area contributed by atoms with Crippen molar-refractivity contribution in [2.45, 2.75) is 37.5 Å². The number of nitrogens with two attached hydrogens (primary N) is 1. The minimum atomic E-state index is -0.372. The number of thiol groups is 1. The predicted octanol–water partition coefficient (Wildman–Crippen LogP) is 5.18. The SMILES string of the molecule is CCCSc1ccc(Cc2sc(C(N)=O)c3c2C(S)=C(C=N)CC3)cc1. The van der Waals surface area contributed by atoms with Crippen LogP contribution in [0.4, 0.5) is 0 Å². The lowest BCUT2D eigenvalue weighted by Crippen LogP contribution is -2.13. The number of thiophene rings is 1. The van der Waals surface area contributed by atoms with E-state index < -0.39 is 0 Å². The van der Waals surface area contributed by atoms with E-state index in [0.717, 1.165) is 57.9 Å². The molecule has 26 heavy (non-hydrogen) atoms. The molecule has 0 bridgehead atoms. The first kappa shape index (κ1) is 19.3. The molecular formula is C20H22N2OS3. The molecule has 6 heteroatoms. The van der Waals surface area contributed by atoms with E-state index in [1.807, 2.05) is 11.8 Å². The van der Waals surface area contributed by atoms with E-state index in [4.69, 9.17) is 11.1 Å². The molecule has 0 spiro atoms. The van der Waals surface area contributed by atoms with Crippen LogP contribution >= 0.6 is 35.7 Å². The van der Waals surface area contributed by atoms with Crippen LogP contribution in [0.2, 0.25) is 0 Å². The molecule has 3 rings (SSSR count). The largest absolute Gasteiger partial charge is 0.365 e. The van der Waals surface area contributed by atoms with Crippen molar-refractivity contribution in [3.63, 3.8) is 0 Å². The Morgan fingerprint density at radius 2 is 2.08 bits per heavy atom. The zero-order chi connectivity index (χ0) is 18.7. The summed E-state index contributed by atoms with van der Waals surface area (Å²) >= 11 is 8.01. The van der Waals surface area contributed by atoms with Crippen LogP contribution in [0.5, 0.6) is 0 Å². The molecule has 2 aromatic rings. The number of rotatable bonds is 7. The van der Waals surface area contributed by atoms with Gasteiger partial charge in [-0.15, -0.1) is 35.7 Å². The Hall–Kier alpha value is -1.50. The fourth-order valence-electron chi connectivity index (χ4n) is 3.14. The first-order valence-electron chi connectivity index (χ1n) is 8.64. The third kappa shape index (κ3) is 3.92. The average molecular weight is 403 g/mol. The summed E-state index contributed by atoms with van der Waals surface area (Å²) in [5.41, 5.74) is 9.75. The molecule has 136 valence electrons. The molecule has 0 fully saturated rings. The number of hydrogen-bond acceptors (Lipinski definition) is 5. The van der Waals surface area contributed by atoms with E-state index in [1.165, 1.54) is 28.0 Å². The standard InChI is InChI=1S/C20H22N2OS3/c1-2-9-25-14-6-3-12(4-7-14)10-16-17-15(19(26-16)20(22)23)8-5-13(11-21)18(17)24/h3-4,6-7,11,21,24H,2,5,8-10H2,1H3,(H2,22,23). The highest BCUT2D eigenvalue weighted by Crippen LogP contribution is 2.42. The summed E-state index contributed by atoms with van der Waals surface area (Å²) < 4.78 is 0. The molecule has 1 heterocycles. The van der Waals surface area contributed by atoms with Crippen molar-refractivity contribution in [1.82, 2.24) is 0 Å². The van der Waals surface area contributed by atoms with E-state index in [9.17, 15) is 4.79 Å². The van der Waals surface area contributed by atoms with Gasteiger partial charge in [0, 0.05) is 32.9 Å². The molecule has 1 aliphatic carbocycles. The third-order valence-corrected chi connectivity index (χ3v) is 7.40. The van der Waals surface area contributed by atoms with Gasteiger partial charge in [0.1, 0.15) is 0 Å². The molecule has 1 aromatic carbocycles. The van der Waals surface area contributed by atoms with E-state index in [0.29, 0.717) is 4.88 Å². The van der Waals surface area contributed by atoms with Crippen molar-refractivity contribution >= 4 is 52.8 Å². The molecule has 0 saturated carbocycles. The normalized spacial score (nSPS) is 13.6. The van der Waals surface area contributed by atoms with Crippen LogP contribution in [0.1, 0.15) is 51.0 Å². The van der Waals surface area contributed by atoms with Gasteiger partial charge < -0.3 is 11.1 Å². The second-order valence-corrected chi connectivity index (χ2v) is 8.98. The Labute approximate surface area is 168 Å². The molecule has 0 radical (unpaired) electrons. The van der Waals surface area contributed by atoms with Crippen molar-refractivity contribution in [2.24, 2.45) is 5.73 Å². The number of fused-ring (bicyclic) bond motifs is 1. The van der Waals surface area contributed by atoms with Crippen LogP contribution in [0.15, 0.2) is 34.7 Å². The van der Waals surface area contributed by atoms with Gasteiger partial charge in [-0.3, -0.25) is 4.79 Å². The van der Waals surface area contributed by atoms with Crippen LogP contribution in [0.3, 0.4) is 0 Å². The first-order chi connectivity index (χ1) is 12.5. The van der Waals surface area contributed by atoms with Crippen molar-refractivity contribution in [2.75, 3.05) is 5.75 Å². The molecule has 1 aromatic heterocycles. The predicted molar refractivity (Wildman–Crippen MR) is 116 cm³/mol. The van der Waals surface area contributed by atoms with Crippen molar-refractivity contribution in [1.29, 1.82) is 5.41 Å². The molecular weight excluding hydrogens is 380 g/mol. The molecule has 0 atom stereocenters. The lowest BCUT2D eigenvalue weighted by molar-refractivity contribution is 0.100. The van der Waals surface area contributed by atoms with Crippen LogP contribution in [0, 0.1) is 5.41 Å². The van der Waals surface area contributed by atoms with Crippen LogP contribution in [-0.2, 0) is 12.8 Å². The van der Waals surface area contributed by atoms with E-state index in [2.05, 4.69) is 43.8 Å². The van der Waals surface area contributed by atoms with E-state index in [-0.39, 0.29) is 5.91 Å². The quantitative estimate of drug-likeness (QED) is 0.339. The Balaban J connectivity index is 1.95. The van der Waals surface area contributed by atoms with Crippen molar-refractivity contribution in [3.05, 3.63) is 56.3 Å². The number of benzene rings is 1. The van der Waals surface area contributed by atoms with Gasteiger partial charge in [-0.05, 0) is 53.8 Å². The highest BCUT2D eigenvalue weighted by Gasteiger charge is 2.27. The minimum absolute atomic E-state index is 0.372. The van der Waals surface area contributed by atoms with Gasteiger partial charge >= 0.3 is 0 Å². The molecule has 0 unspecified atom stereocenters. The number of primary amides is 1. The molecule has 1 amide bonds. The maximum absolute atomic E-state index is 11.9. The monoisotopic (exact) mass is 402 g/mol. The van der Waals surface area contributed by atoms with Crippen molar-refractivity contribution in [3.8, 4) is 0 Å². The summed E-state index contributed by atoms with van der Waals surface area (Å²) in [4.78, 5) is 15.7. The summed E-state index contributed by atoms with van der Waals surface area (Å²) in [5.74, 6) is 0.753. The number of amides is 1.